The van der Waals surface area contributed by atoms with Crippen LogP contribution in [0.1, 0.15) is 63.0 Å². The molecule has 1 aromatic carbocycles. The van der Waals surface area contributed by atoms with E-state index in [1.165, 1.54) is 21.5 Å². The first-order valence-corrected chi connectivity index (χ1v) is 11.3. The standard InChI is InChI=1S/C24H28F3N3O2/c1-16-4-2-5-17(9-8-16)20-6-3-7-22(31)30(28-20)15-23(32)29-13-12-18-14-19(24(25,26)27)10-11-21(18)29/h5,10-11,14,16H,2-4,6-9,12-13,15H2,1H3. The van der Waals surface area contributed by atoms with Gasteiger partial charge in [0.25, 0.3) is 0 Å². The van der Waals surface area contributed by atoms with Crippen LogP contribution in [0.15, 0.2) is 34.9 Å². The molecule has 2 amide bonds. The van der Waals surface area contributed by atoms with Gasteiger partial charge in [0.1, 0.15) is 6.54 Å². The Balaban J connectivity index is 1.51. The van der Waals surface area contributed by atoms with Crippen LogP contribution in [-0.4, -0.2) is 35.6 Å². The highest BCUT2D eigenvalue weighted by atomic mass is 19.4. The van der Waals surface area contributed by atoms with Crippen LogP contribution in [-0.2, 0) is 22.2 Å². The number of hydrazone groups is 1. The number of allylic oxidation sites excluding steroid dienone is 2. The molecular weight excluding hydrogens is 419 g/mol. The first kappa shape index (κ1) is 22.6. The van der Waals surface area contributed by atoms with E-state index in [1.807, 2.05) is 0 Å². The molecule has 1 atom stereocenters. The minimum Gasteiger partial charge on any atom is -0.310 e. The highest BCUT2D eigenvalue weighted by Gasteiger charge is 2.34. The summed E-state index contributed by atoms with van der Waals surface area (Å²) < 4.78 is 39.0. The number of rotatable bonds is 3. The third-order valence-electron chi connectivity index (χ3n) is 6.55. The van der Waals surface area contributed by atoms with Crippen LogP contribution in [0.25, 0.3) is 0 Å². The zero-order chi connectivity index (χ0) is 22.9. The van der Waals surface area contributed by atoms with E-state index >= 15 is 0 Å². The molecule has 8 heteroatoms. The van der Waals surface area contributed by atoms with Crippen LogP contribution in [0.4, 0.5) is 18.9 Å². The normalized spacial score (nSPS) is 22.1. The predicted molar refractivity (Wildman–Crippen MR) is 116 cm³/mol. The Kier molecular flexibility index (Phi) is 6.40. The van der Waals surface area contributed by atoms with Crippen molar-refractivity contribution in [1.82, 2.24) is 5.01 Å². The van der Waals surface area contributed by atoms with Crippen LogP contribution >= 0.6 is 0 Å². The lowest BCUT2D eigenvalue weighted by atomic mass is 9.98. The molecule has 5 nitrogen and oxygen atoms in total. The van der Waals surface area contributed by atoms with Gasteiger partial charge in [0.15, 0.2) is 0 Å². The Bertz CT molecular complexity index is 968. The van der Waals surface area contributed by atoms with E-state index in [9.17, 15) is 22.8 Å². The van der Waals surface area contributed by atoms with E-state index in [4.69, 9.17) is 0 Å². The van der Waals surface area contributed by atoms with Gasteiger partial charge in [0.05, 0.1) is 11.3 Å². The highest BCUT2D eigenvalue weighted by Crippen LogP contribution is 2.36. The lowest BCUT2D eigenvalue weighted by molar-refractivity contribution is -0.137. The molecule has 1 unspecified atom stereocenters. The lowest BCUT2D eigenvalue weighted by Crippen LogP contribution is -2.40. The van der Waals surface area contributed by atoms with Gasteiger partial charge in [-0.2, -0.15) is 18.3 Å². The van der Waals surface area contributed by atoms with Crippen LogP contribution in [0, 0.1) is 5.92 Å². The van der Waals surface area contributed by atoms with Gasteiger partial charge < -0.3 is 4.90 Å². The van der Waals surface area contributed by atoms with E-state index in [0.717, 1.165) is 43.5 Å². The average Bonchev–Trinajstić information content (AvgIpc) is 2.93. The smallest absolute Gasteiger partial charge is 0.310 e. The highest BCUT2D eigenvalue weighted by molar-refractivity contribution is 6.03. The van der Waals surface area contributed by atoms with Gasteiger partial charge in [-0.25, -0.2) is 5.01 Å². The van der Waals surface area contributed by atoms with Crippen LogP contribution in [0.2, 0.25) is 0 Å². The Hall–Kier alpha value is -2.64. The van der Waals surface area contributed by atoms with Crippen LogP contribution < -0.4 is 4.90 Å². The number of hydrogen-bond donors (Lipinski definition) is 0. The molecule has 1 aromatic rings. The number of alkyl halides is 3. The van der Waals surface area contributed by atoms with E-state index in [-0.39, 0.29) is 18.4 Å². The molecule has 0 spiro atoms. The second-order valence-electron chi connectivity index (χ2n) is 8.94. The summed E-state index contributed by atoms with van der Waals surface area (Å²) in [5.74, 6) is 0.135. The van der Waals surface area contributed by atoms with Gasteiger partial charge in [0.2, 0.25) is 11.8 Å². The molecule has 0 saturated carbocycles. The molecule has 172 valence electrons. The summed E-state index contributed by atoms with van der Waals surface area (Å²) in [6.07, 6.45) is 4.04. The van der Waals surface area contributed by atoms with Gasteiger partial charge in [-0.15, -0.1) is 0 Å². The first-order chi connectivity index (χ1) is 15.2. The van der Waals surface area contributed by atoms with Crippen molar-refractivity contribution in [3.63, 3.8) is 0 Å². The zero-order valence-electron chi connectivity index (χ0n) is 18.2. The second-order valence-corrected chi connectivity index (χ2v) is 8.94. The number of halogens is 3. The third-order valence-corrected chi connectivity index (χ3v) is 6.55. The molecule has 0 fully saturated rings. The number of carbonyl (C=O) groups excluding carboxylic acids is 2. The first-order valence-electron chi connectivity index (χ1n) is 11.3. The van der Waals surface area contributed by atoms with Crippen molar-refractivity contribution in [2.75, 3.05) is 18.0 Å². The number of hydrogen-bond acceptors (Lipinski definition) is 3. The molecule has 3 aliphatic rings. The maximum atomic E-state index is 13.0. The molecule has 0 N–H and O–H groups in total. The summed E-state index contributed by atoms with van der Waals surface area (Å²) in [6, 6.07) is 3.45. The SMILES string of the molecule is CC1CCC=C(C2=NN(CC(=O)N3CCc4cc(C(F)(F)F)ccc43)C(=O)CCC2)CC1. The fourth-order valence-electron chi connectivity index (χ4n) is 4.64. The topological polar surface area (TPSA) is 53.0 Å². The Morgan fingerprint density at radius 1 is 1.16 bits per heavy atom. The molecule has 0 bridgehead atoms. The van der Waals surface area contributed by atoms with Gasteiger partial charge in [0, 0.05) is 18.7 Å². The van der Waals surface area contributed by atoms with Crippen molar-refractivity contribution >= 4 is 23.2 Å². The van der Waals surface area contributed by atoms with Crippen molar-refractivity contribution in [2.24, 2.45) is 11.0 Å². The van der Waals surface area contributed by atoms with E-state index in [0.29, 0.717) is 49.4 Å². The summed E-state index contributed by atoms with van der Waals surface area (Å²) in [5.41, 5.74) is 2.32. The van der Waals surface area contributed by atoms with Gasteiger partial charge in [-0.1, -0.05) is 13.0 Å². The zero-order valence-corrected chi connectivity index (χ0v) is 18.2. The monoisotopic (exact) mass is 447 g/mol. The number of anilines is 1. The third kappa shape index (κ3) is 4.89. The minimum absolute atomic E-state index is 0.192. The van der Waals surface area contributed by atoms with Crippen molar-refractivity contribution in [2.45, 2.75) is 64.5 Å². The number of carbonyl (C=O) groups is 2. The number of fused-ring (bicyclic) bond motifs is 1. The molecule has 4 rings (SSSR count). The van der Waals surface area contributed by atoms with Crippen molar-refractivity contribution in [1.29, 1.82) is 0 Å². The quantitative estimate of drug-likeness (QED) is 0.647. The molecule has 0 radical (unpaired) electrons. The summed E-state index contributed by atoms with van der Waals surface area (Å²) in [4.78, 5) is 27.1. The van der Waals surface area contributed by atoms with Crippen molar-refractivity contribution < 1.29 is 22.8 Å². The largest absolute Gasteiger partial charge is 0.416 e. The second kappa shape index (κ2) is 9.08. The van der Waals surface area contributed by atoms with E-state index in [1.54, 1.807) is 0 Å². The fourth-order valence-corrected chi connectivity index (χ4v) is 4.64. The molecule has 2 heterocycles. The number of nitrogens with zero attached hydrogens (tertiary/aromatic N) is 3. The number of benzene rings is 1. The Morgan fingerprint density at radius 3 is 2.75 bits per heavy atom. The maximum Gasteiger partial charge on any atom is 0.416 e. The Morgan fingerprint density at radius 2 is 1.97 bits per heavy atom. The molecular formula is C24H28F3N3O2. The van der Waals surface area contributed by atoms with Crippen LogP contribution in [0.5, 0.6) is 0 Å². The van der Waals surface area contributed by atoms with Crippen molar-refractivity contribution in [3.05, 3.63) is 41.0 Å². The molecule has 0 aromatic heterocycles. The fraction of sp³-hybridized carbons (Fsp3) is 0.542. The van der Waals surface area contributed by atoms with Crippen LogP contribution in [0.3, 0.4) is 0 Å². The van der Waals surface area contributed by atoms with Gasteiger partial charge in [-0.3, -0.25) is 9.59 Å². The lowest BCUT2D eigenvalue weighted by Gasteiger charge is -2.22. The number of amides is 2. The van der Waals surface area contributed by atoms with E-state index < -0.39 is 11.7 Å². The molecule has 2 aliphatic heterocycles. The maximum absolute atomic E-state index is 13.0. The predicted octanol–water partition coefficient (Wildman–Crippen LogP) is 5.10. The summed E-state index contributed by atoms with van der Waals surface area (Å²) in [5, 5.41) is 5.86. The molecule has 32 heavy (non-hydrogen) atoms. The summed E-state index contributed by atoms with van der Waals surface area (Å²) >= 11 is 0. The van der Waals surface area contributed by atoms with Gasteiger partial charge in [-0.05, 0) is 80.2 Å². The molecule has 1 aliphatic carbocycles. The minimum atomic E-state index is -4.42. The van der Waals surface area contributed by atoms with Gasteiger partial charge >= 0.3 is 6.18 Å². The summed E-state index contributed by atoms with van der Waals surface area (Å²) in [7, 11) is 0. The molecule has 0 saturated heterocycles. The Labute approximate surface area is 185 Å². The van der Waals surface area contributed by atoms with E-state index in [2.05, 4.69) is 18.1 Å². The summed E-state index contributed by atoms with van der Waals surface area (Å²) in [6.45, 7) is 2.34. The average molecular weight is 448 g/mol. The van der Waals surface area contributed by atoms with Crippen molar-refractivity contribution in [3.8, 4) is 0 Å².